The van der Waals surface area contributed by atoms with Crippen LogP contribution >= 0.6 is 0 Å². The number of ether oxygens (including phenoxy) is 1. The van der Waals surface area contributed by atoms with Crippen LogP contribution in [0.4, 0.5) is 4.39 Å². The normalized spacial score (nSPS) is 22.6. The molecule has 2 unspecified atom stereocenters. The summed E-state index contributed by atoms with van der Waals surface area (Å²) in [5.41, 5.74) is 1.99. The summed E-state index contributed by atoms with van der Waals surface area (Å²) in [6.45, 7) is 9.64. The molecule has 1 fully saturated rings. The van der Waals surface area contributed by atoms with Crippen molar-refractivity contribution in [2.75, 3.05) is 26.2 Å². The monoisotopic (exact) mass is 473 g/mol. The first-order valence-corrected chi connectivity index (χ1v) is 11.8. The summed E-state index contributed by atoms with van der Waals surface area (Å²) in [5, 5.41) is 16.1. The summed E-state index contributed by atoms with van der Waals surface area (Å²) < 4.78 is 20.3. The maximum absolute atomic E-state index is 14.5. The first kappa shape index (κ1) is 27.7. The summed E-state index contributed by atoms with van der Waals surface area (Å²) in [4.78, 5) is 23.9. The summed E-state index contributed by atoms with van der Waals surface area (Å²) >= 11 is 0. The lowest BCUT2D eigenvalue weighted by Crippen LogP contribution is -2.55. The van der Waals surface area contributed by atoms with Gasteiger partial charge in [0.1, 0.15) is 11.9 Å². The van der Waals surface area contributed by atoms with Gasteiger partial charge in [-0.05, 0) is 42.9 Å². The third-order valence-corrected chi connectivity index (χ3v) is 6.10. The number of β-amino-alcohol motifs (C(OH)–C–C–N with tert-alkyl or cyclic N) is 1. The number of nitroso groups, excluding NO2 is 2. The number of piperidine rings is 1. The number of likely N-dealkylation sites (tertiary alicyclic amines) is 1. The van der Waals surface area contributed by atoms with Crippen molar-refractivity contribution < 1.29 is 14.2 Å². The van der Waals surface area contributed by atoms with E-state index in [1.807, 2.05) is 36.1 Å². The van der Waals surface area contributed by atoms with Crippen molar-refractivity contribution in [3.63, 3.8) is 0 Å². The Morgan fingerprint density at radius 3 is 2.85 bits per heavy atom. The van der Waals surface area contributed by atoms with Gasteiger partial charge in [0, 0.05) is 31.7 Å². The Kier molecular flexibility index (Phi) is 11.9. The molecule has 186 valence electrons. The minimum Gasteiger partial charge on any atom is -0.392 e. The third kappa shape index (κ3) is 8.34. The van der Waals surface area contributed by atoms with Crippen molar-refractivity contribution in [2.45, 2.75) is 57.9 Å². The Hall–Kier alpha value is -2.55. The highest BCUT2D eigenvalue weighted by molar-refractivity contribution is 5.75. The Labute approximate surface area is 201 Å². The van der Waals surface area contributed by atoms with Crippen LogP contribution in [0.5, 0.6) is 0 Å². The van der Waals surface area contributed by atoms with E-state index in [-0.39, 0.29) is 30.7 Å². The van der Waals surface area contributed by atoms with Crippen LogP contribution in [0.15, 0.2) is 59.4 Å². The second kappa shape index (κ2) is 14.7. The molecule has 1 aliphatic heterocycles. The van der Waals surface area contributed by atoms with Crippen LogP contribution in [0.25, 0.3) is 5.57 Å². The molecular weight excluding hydrogens is 437 g/mol. The van der Waals surface area contributed by atoms with E-state index in [9.17, 15) is 19.3 Å². The van der Waals surface area contributed by atoms with Crippen molar-refractivity contribution in [3.8, 4) is 0 Å². The van der Waals surface area contributed by atoms with Gasteiger partial charge >= 0.3 is 0 Å². The Morgan fingerprint density at radius 1 is 1.41 bits per heavy atom. The standard InChI is InChI=1S/C26H36FN3O4/c1-4-6-9-21(5-2)23-11-10-20(13-24(23)27)18-34-12-7-8-19(3)16-30-17-22(31)14-25(29-33)26(30)15-28-32/h4-6,9-11,13,19,22,25-26,31H,2,7-8,12,14-18H2,1,3H3/b6-4-,21-9+/t19?,22-,25?,26+/m1/s1. The van der Waals surface area contributed by atoms with E-state index in [1.165, 1.54) is 6.07 Å². The largest absolute Gasteiger partial charge is 0.392 e. The highest BCUT2D eigenvalue weighted by Crippen LogP contribution is 2.24. The first-order valence-electron chi connectivity index (χ1n) is 11.8. The lowest BCUT2D eigenvalue weighted by atomic mass is 9.93. The minimum absolute atomic E-state index is 0.00625. The molecule has 1 aromatic rings. The SMILES string of the molecule is C=C/C(=C\C=C/C)c1ccc(COCCCC(C)CN2C[C@H](O)CC(N=O)[C@@H]2CN=O)cc1F. The topological polar surface area (TPSA) is 91.6 Å². The van der Waals surface area contributed by atoms with Gasteiger partial charge in [0.2, 0.25) is 0 Å². The van der Waals surface area contributed by atoms with Crippen LogP contribution < -0.4 is 0 Å². The Morgan fingerprint density at radius 2 is 2.21 bits per heavy atom. The summed E-state index contributed by atoms with van der Waals surface area (Å²) in [5.74, 6) is -0.0371. The molecule has 1 aliphatic rings. The highest BCUT2D eigenvalue weighted by atomic mass is 19.1. The quantitative estimate of drug-likeness (QED) is 0.227. The van der Waals surface area contributed by atoms with E-state index < -0.39 is 12.1 Å². The molecule has 0 aromatic heterocycles. The maximum Gasteiger partial charge on any atom is 0.131 e. The molecule has 1 N–H and O–H groups in total. The van der Waals surface area contributed by atoms with Crippen molar-refractivity contribution in [2.24, 2.45) is 16.3 Å². The van der Waals surface area contributed by atoms with Gasteiger partial charge in [-0.25, -0.2) is 4.39 Å². The Bertz CT molecular complexity index is 874. The van der Waals surface area contributed by atoms with Gasteiger partial charge in [0.05, 0.1) is 25.3 Å². The Balaban J connectivity index is 1.79. The van der Waals surface area contributed by atoms with E-state index in [2.05, 4.69) is 23.9 Å². The van der Waals surface area contributed by atoms with Gasteiger partial charge in [-0.3, -0.25) is 4.90 Å². The fourth-order valence-electron chi connectivity index (χ4n) is 4.36. The number of allylic oxidation sites excluding steroid dienone is 5. The highest BCUT2D eigenvalue weighted by Gasteiger charge is 2.37. The number of hydrogen-bond acceptors (Lipinski definition) is 7. The predicted octanol–water partition coefficient (Wildman–Crippen LogP) is 5.24. The molecule has 0 spiro atoms. The van der Waals surface area contributed by atoms with Crippen LogP contribution in [-0.4, -0.2) is 54.4 Å². The van der Waals surface area contributed by atoms with E-state index in [0.717, 1.165) is 24.0 Å². The second-order valence-corrected chi connectivity index (χ2v) is 8.86. The van der Waals surface area contributed by atoms with Crippen LogP contribution in [-0.2, 0) is 11.3 Å². The zero-order chi connectivity index (χ0) is 24.9. The molecule has 34 heavy (non-hydrogen) atoms. The molecule has 0 saturated carbocycles. The van der Waals surface area contributed by atoms with Gasteiger partial charge in [-0.1, -0.05) is 60.3 Å². The number of aliphatic hydroxyl groups is 1. The van der Waals surface area contributed by atoms with Crippen LogP contribution in [0.2, 0.25) is 0 Å². The van der Waals surface area contributed by atoms with E-state index >= 15 is 0 Å². The summed E-state index contributed by atoms with van der Waals surface area (Å²) in [7, 11) is 0. The van der Waals surface area contributed by atoms with E-state index in [0.29, 0.717) is 31.9 Å². The maximum atomic E-state index is 14.5. The fourth-order valence-corrected chi connectivity index (χ4v) is 4.36. The number of aliphatic hydroxyl groups excluding tert-OH is 1. The molecule has 8 heteroatoms. The molecule has 1 heterocycles. The number of hydrogen-bond donors (Lipinski definition) is 1. The molecule has 2 rings (SSSR count). The summed E-state index contributed by atoms with van der Waals surface area (Å²) in [6, 6.07) is 4.11. The lowest BCUT2D eigenvalue weighted by molar-refractivity contribution is 0.0170. The molecule has 0 aliphatic carbocycles. The average molecular weight is 474 g/mol. The van der Waals surface area contributed by atoms with Gasteiger partial charge in [-0.2, -0.15) is 9.81 Å². The van der Waals surface area contributed by atoms with E-state index in [1.54, 1.807) is 12.1 Å². The fraction of sp³-hybridized carbons (Fsp3) is 0.538. The first-order chi connectivity index (χ1) is 16.4. The number of halogens is 1. The third-order valence-electron chi connectivity index (χ3n) is 6.10. The van der Waals surface area contributed by atoms with E-state index in [4.69, 9.17) is 4.74 Å². The minimum atomic E-state index is -0.630. The second-order valence-electron chi connectivity index (χ2n) is 8.86. The molecule has 7 nitrogen and oxygen atoms in total. The van der Waals surface area contributed by atoms with Crippen molar-refractivity contribution in [3.05, 3.63) is 75.8 Å². The van der Waals surface area contributed by atoms with Gasteiger partial charge < -0.3 is 9.84 Å². The molecule has 0 bridgehead atoms. The van der Waals surface area contributed by atoms with Gasteiger partial charge in [0.25, 0.3) is 0 Å². The number of benzene rings is 1. The number of nitrogens with zero attached hydrogens (tertiary/aromatic N) is 3. The lowest BCUT2D eigenvalue weighted by Gasteiger charge is -2.40. The zero-order valence-electron chi connectivity index (χ0n) is 20.1. The number of rotatable bonds is 14. The zero-order valence-corrected chi connectivity index (χ0v) is 20.1. The average Bonchev–Trinajstić information content (AvgIpc) is 2.81. The summed E-state index contributed by atoms with van der Waals surface area (Å²) in [6.07, 6.45) is 8.50. The van der Waals surface area contributed by atoms with Crippen LogP contribution in [0.3, 0.4) is 0 Å². The molecule has 1 aromatic carbocycles. The molecule has 4 atom stereocenters. The van der Waals surface area contributed by atoms with Gasteiger partial charge in [-0.15, -0.1) is 0 Å². The van der Waals surface area contributed by atoms with Crippen LogP contribution in [0, 0.1) is 21.5 Å². The molecule has 0 amide bonds. The van der Waals surface area contributed by atoms with Crippen molar-refractivity contribution in [1.82, 2.24) is 4.90 Å². The van der Waals surface area contributed by atoms with Crippen molar-refractivity contribution >= 4 is 5.57 Å². The molecule has 0 radical (unpaired) electrons. The smallest absolute Gasteiger partial charge is 0.131 e. The molecule has 1 saturated heterocycles. The van der Waals surface area contributed by atoms with Crippen LogP contribution in [0.1, 0.15) is 44.2 Å². The molecular formula is C26H36FN3O4. The van der Waals surface area contributed by atoms with Crippen molar-refractivity contribution in [1.29, 1.82) is 0 Å². The van der Waals surface area contributed by atoms with Gasteiger partial charge in [0.15, 0.2) is 0 Å². The predicted molar refractivity (Wildman–Crippen MR) is 134 cm³/mol.